The molecule has 28 heavy (non-hydrogen) atoms. The number of aromatic nitrogens is 3. The molecule has 0 N–H and O–H groups in total. The summed E-state index contributed by atoms with van der Waals surface area (Å²) < 4.78 is 3.18. The van der Waals surface area contributed by atoms with Crippen LogP contribution in [0.2, 0.25) is 0 Å². The van der Waals surface area contributed by atoms with Gasteiger partial charge in [-0.1, -0.05) is 37.6 Å². The van der Waals surface area contributed by atoms with Crippen LogP contribution in [0.4, 0.5) is 0 Å². The van der Waals surface area contributed by atoms with Gasteiger partial charge in [-0.25, -0.2) is 4.79 Å². The van der Waals surface area contributed by atoms with Gasteiger partial charge in [0.15, 0.2) is 5.82 Å². The summed E-state index contributed by atoms with van der Waals surface area (Å²) in [7, 11) is 0. The minimum absolute atomic E-state index is 0.271. The summed E-state index contributed by atoms with van der Waals surface area (Å²) >= 11 is 0. The van der Waals surface area contributed by atoms with E-state index >= 15 is 0 Å². The molecule has 0 amide bonds. The number of aryl methyl sites for hydroxylation is 2. The Labute approximate surface area is 163 Å². The Morgan fingerprint density at radius 2 is 1.68 bits per heavy atom. The van der Waals surface area contributed by atoms with E-state index in [9.17, 15) is 9.59 Å². The van der Waals surface area contributed by atoms with E-state index in [2.05, 4.69) is 11.1 Å². The van der Waals surface area contributed by atoms with Crippen LogP contribution in [-0.2, 0) is 6.54 Å². The van der Waals surface area contributed by atoms with E-state index in [1.807, 2.05) is 67.8 Å². The summed E-state index contributed by atoms with van der Waals surface area (Å²) in [5, 5.41) is 0.939. The maximum Gasteiger partial charge on any atom is 0.352 e. The van der Waals surface area contributed by atoms with Crippen LogP contribution in [0.5, 0.6) is 0 Å². The number of hydrogen-bond donors (Lipinski definition) is 0. The average molecular weight is 373 g/mol. The molecule has 0 bridgehead atoms. The number of rotatable bonds is 4. The summed E-state index contributed by atoms with van der Waals surface area (Å²) in [6, 6.07) is 15.9. The number of para-hydroxylation sites is 1. The van der Waals surface area contributed by atoms with Gasteiger partial charge in [0.05, 0.1) is 11.1 Å². The molecular formula is C23H23N3O2. The van der Waals surface area contributed by atoms with Crippen molar-refractivity contribution in [2.45, 2.75) is 40.2 Å². The number of fused-ring (bicyclic) bond motifs is 2. The van der Waals surface area contributed by atoms with Crippen molar-refractivity contribution in [3.05, 3.63) is 80.5 Å². The number of hydrogen-bond acceptors (Lipinski definition) is 3. The fraction of sp³-hybridized carbons (Fsp3) is 0.261. The maximum atomic E-state index is 13.1. The molecule has 0 saturated heterocycles. The molecular weight excluding hydrogens is 350 g/mol. The van der Waals surface area contributed by atoms with E-state index in [1.165, 1.54) is 4.57 Å². The molecule has 0 aliphatic carbocycles. The number of benzene rings is 2. The molecule has 2 heterocycles. The normalized spacial score (nSPS) is 11.4. The van der Waals surface area contributed by atoms with Crippen LogP contribution in [0.25, 0.3) is 28.0 Å². The van der Waals surface area contributed by atoms with Crippen LogP contribution in [-0.4, -0.2) is 14.1 Å². The smallest absolute Gasteiger partial charge is 0.294 e. The van der Waals surface area contributed by atoms with Gasteiger partial charge in [-0.15, -0.1) is 0 Å². The Morgan fingerprint density at radius 1 is 0.964 bits per heavy atom. The van der Waals surface area contributed by atoms with Crippen molar-refractivity contribution in [1.82, 2.24) is 14.1 Å². The highest BCUT2D eigenvalue weighted by atomic mass is 16.2. The predicted octanol–water partition coefficient (Wildman–Crippen LogP) is 4.07. The van der Waals surface area contributed by atoms with E-state index in [4.69, 9.17) is 0 Å². The molecule has 2 aromatic carbocycles. The Kier molecular flexibility index (Phi) is 4.59. The zero-order valence-electron chi connectivity index (χ0n) is 16.4. The van der Waals surface area contributed by atoms with Crippen LogP contribution in [0.15, 0.2) is 58.1 Å². The SMILES string of the molecule is CCCCn1c(=O)nc2n(-c3cc(C)cc(C)c3)c3ccccc3cc-2c1=O. The fourth-order valence-electron chi connectivity index (χ4n) is 3.77. The lowest BCUT2D eigenvalue weighted by Gasteiger charge is -2.19. The molecule has 0 radical (unpaired) electrons. The van der Waals surface area contributed by atoms with Gasteiger partial charge in [-0.3, -0.25) is 13.9 Å². The molecule has 2 aromatic rings. The van der Waals surface area contributed by atoms with Gasteiger partial charge in [0, 0.05) is 12.2 Å². The molecule has 4 rings (SSSR count). The van der Waals surface area contributed by atoms with Gasteiger partial charge in [-0.2, -0.15) is 4.98 Å². The first kappa shape index (κ1) is 18.2. The van der Waals surface area contributed by atoms with Crippen molar-refractivity contribution in [1.29, 1.82) is 0 Å². The summed E-state index contributed by atoms with van der Waals surface area (Å²) in [5.74, 6) is 0.409. The van der Waals surface area contributed by atoms with E-state index < -0.39 is 5.69 Å². The second-order valence-electron chi connectivity index (χ2n) is 7.33. The van der Waals surface area contributed by atoms with E-state index in [1.54, 1.807) is 0 Å². The lowest BCUT2D eigenvalue weighted by Crippen LogP contribution is -2.38. The van der Waals surface area contributed by atoms with Crippen molar-refractivity contribution in [2.75, 3.05) is 0 Å². The van der Waals surface area contributed by atoms with Gasteiger partial charge < -0.3 is 0 Å². The number of unbranched alkanes of at least 4 members (excludes halogenated alkanes) is 1. The topological polar surface area (TPSA) is 56.9 Å². The minimum atomic E-state index is -0.487. The second kappa shape index (κ2) is 7.08. The average Bonchev–Trinajstić information content (AvgIpc) is 2.66. The van der Waals surface area contributed by atoms with Crippen LogP contribution in [0, 0.1) is 13.8 Å². The molecule has 2 aliphatic rings. The van der Waals surface area contributed by atoms with Crippen LogP contribution in [0.1, 0.15) is 30.9 Å². The molecule has 5 nitrogen and oxygen atoms in total. The van der Waals surface area contributed by atoms with Gasteiger partial charge in [0.2, 0.25) is 0 Å². The van der Waals surface area contributed by atoms with Crippen molar-refractivity contribution < 1.29 is 0 Å². The van der Waals surface area contributed by atoms with Gasteiger partial charge in [0.1, 0.15) is 0 Å². The lowest BCUT2D eigenvalue weighted by atomic mass is 10.1. The van der Waals surface area contributed by atoms with E-state index in [0.29, 0.717) is 17.9 Å². The Morgan fingerprint density at radius 3 is 2.39 bits per heavy atom. The lowest BCUT2D eigenvalue weighted by molar-refractivity contribution is 0.582. The number of pyridine rings is 1. The summed E-state index contributed by atoms with van der Waals surface area (Å²) in [6.45, 7) is 6.50. The molecule has 142 valence electrons. The summed E-state index contributed by atoms with van der Waals surface area (Å²) in [4.78, 5) is 30.1. The molecule has 0 saturated carbocycles. The van der Waals surface area contributed by atoms with E-state index in [-0.39, 0.29) is 5.56 Å². The zero-order valence-corrected chi connectivity index (χ0v) is 16.4. The monoisotopic (exact) mass is 373 g/mol. The van der Waals surface area contributed by atoms with Gasteiger partial charge in [0.25, 0.3) is 5.56 Å². The molecule has 0 fully saturated rings. The molecule has 0 aromatic heterocycles. The maximum absolute atomic E-state index is 13.1. The van der Waals surface area contributed by atoms with Gasteiger partial charge >= 0.3 is 5.69 Å². The first-order valence-electron chi connectivity index (χ1n) is 9.63. The third kappa shape index (κ3) is 3.03. The van der Waals surface area contributed by atoms with Crippen molar-refractivity contribution >= 4 is 10.9 Å². The molecule has 0 atom stereocenters. The molecule has 5 heteroatoms. The van der Waals surface area contributed by atoms with Crippen LogP contribution in [0.3, 0.4) is 0 Å². The van der Waals surface area contributed by atoms with Gasteiger partial charge in [-0.05, 0) is 61.0 Å². The second-order valence-corrected chi connectivity index (χ2v) is 7.33. The zero-order chi connectivity index (χ0) is 19.8. The fourth-order valence-corrected chi connectivity index (χ4v) is 3.77. The highest BCUT2D eigenvalue weighted by molar-refractivity contribution is 5.87. The minimum Gasteiger partial charge on any atom is -0.294 e. The van der Waals surface area contributed by atoms with Crippen molar-refractivity contribution in [3.63, 3.8) is 0 Å². The summed E-state index contributed by atoms with van der Waals surface area (Å²) in [6.07, 6.45) is 1.68. The van der Waals surface area contributed by atoms with E-state index in [0.717, 1.165) is 40.6 Å². The first-order chi connectivity index (χ1) is 13.5. The first-order valence-corrected chi connectivity index (χ1v) is 9.63. The quantitative estimate of drug-likeness (QED) is 0.507. The highest BCUT2D eigenvalue weighted by Crippen LogP contribution is 2.28. The number of nitrogens with zero attached hydrogens (tertiary/aromatic N) is 3. The predicted molar refractivity (Wildman–Crippen MR) is 113 cm³/mol. The standard InChI is InChI=1S/C23H23N3O2/c1-4-5-10-25-22(27)19-14-17-8-6-7-9-20(17)26(21(19)24-23(25)28)18-12-15(2)11-16(3)13-18/h6-9,11-14H,4-5,10H2,1-3H3. The Hall–Kier alpha value is -3.21. The highest BCUT2D eigenvalue weighted by Gasteiger charge is 2.20. The summed E-state index contributed by atoms with van der Waals surface area (Å²) in [5.41, 5.74) is 3.75. The molecule has 0 spiro atoms. The Bertz CT molecular complexity index is 1250. The molecule has 0 unspecified atom stereocenters. The van der Waals surface area contributed by atoms with Crippen LogP contribution >= 0.6 is 0 Å². The van der Waals surface area contributed by atoms with Crippen molar-refractivity contribution in [3.8, 4) is 17.1 Å². The van der Waals surface area contributed by atoms with Crippen LogP contribution < -0.4 is 11.2 Å². The Balaban J connectivity index is 2.15. The van der Waals surface area contributed by atoms with Crippen molar-refractivity contribution in [2.24, 2.45) is 0 Å². The third-order valence-corrected chi connectivity index (χ3v) is 5.04. The molecule has 2 aliphatic heterocycles. The third-order valence-electron chi connectivity index (χ3n) is 5.04. The largest absolute Gasteiger partial charge is 0.352 e.